The van der Waals surface area contributed by atoms with Crippen LogP contribution >= 0.6 is 0 Å². The standard InChI is InChI=1S/C61H41N5/c1-39-15-13-21-43(31-39)45-27-29-57-51(33-45)48-23-9-11-25-55(48)65(57)59-35-47(38-62)50(61-63-53(41-17-5-3-6-18-41)37-54(64-61)42-19-7-4-8-20-42)36-60(59)66-56-26-12-10-24-49(56)52-34-46(28-30-58(52)66)44-22-14-16-40(2)32-44/h3-37H,1-2H3. The molecular weight excluding hydrogens is 803 g/mol. The predicted molar refractivity (Wildman–Crippen MR) is 272 cm³/mol. The van der Waals surface area contributed by atoms with E-state index >= 15 is 0 Å². The molecule has 0 spiro atoms. The molecule has 12 rings (SSSR count). The number of fused-ring (bicyclic) bond motifs is 6. The molecule has 0 N–H and O–H groups in total. The van der Waals surface area contributed by atoms with E-state index < -0.39 is 0 Å². The Kier molecular flexibility index (Phi) is 9.25. The van der Waals surface area contributed by atoms with Gasteiger partial charge in [-0.05, 0) is 90.7 Å². The van der Waals surface area contributed by atoms with Crippen LogP contribution in [0.1, 0.15) is 16.7 Å². The van der Waals surface area contributed by atoms with E-state index in [0.717, 1.165) is 88.6 Å². The maximum atomic E-state index is 11.3. The van der Waals surface area contributed by atoms with Crippen molar-refractivity contribution in [3.8, 4) is 73.6 Å². The first kappa shape index (κ1) is 38.8. The van der Waals surface area contributed by atoms with Gasteiger partial charge in [-0.3, -0.25) is 0 Å². The van der Waals surface area contributed by atoms with Crippen molar-refractivity contribution in [3.63, 3.8) is 0 Å². The van der Waals surface area contributed by atoms with Crippen LogP contribution in [0.25, 0.3) is 111 Å². The van der Waals surface area contributed by atoms with E-state index in [1.807, 2.05) is 48.5 Å². The molecule has 0 bridgehead atoms. The third-order valence-corrected chi connectivity index (χ3v) is 12.9. The highest BCUT2D eigenvalue weighted by Crippen LogP contribution is 2.43. The van der Waals surface area contributed by atoms with Crippen molar-refractivity contribution < 1.29 is 0 Å². The van der Waals surface area contributed by atoms with Crippen LogP contribution in [0.3, 0.4) is 0 Å². The lowest BCUT2D eigenvalue weighted by atomic mass is 10.0. The van der Waals surface area contributed by atoms with E-state index in [0.29, 0.717) is 17.0 Å². The van der Waals surface area contributed by atoms with Gasteiger partial charge in [0.1, 0.15) is 0 Å². The SMILES string of the molecule is Cc1cccc(-c2ccc3c(c2)c2ccccc2n3-c2cc(C#N)c(-c3nc(-c4ccccc4)cc(-c4ccccc4)n3)cc2-n2c3ccccc3c3cc(-c4cccc(C)c4)ccc32)c1. The van der Waals surface area contributed by atoms with E-state index in [-0.39, 0.29) is 0 Å². The zero-order valence-electron chi connectivity index (χ0n) is 36.4. The summed E-state index contributed by atoms with van der Waals surface area (Å²) < 4.78 is 4.70. The molecule has 0 aliphatic heterocycles. The molecule has 3 aromatic heterocycles. The molecule has 66 heavy (non-hydrogen) atoms. The zero-order chi connectivity index (χ0) is 44.3. The molecule has 5 nitrogen and oxygen atoms in total. The molecule has 0 atom stereocenters. The third-order valence-electron chi connectivity index (χ3n) is 12.9. The smallest absolute Gasteiger partial charge is 0.161 e. The second kappa shape index (κ2) is 15.7. The Balaban J connectivity index is 1.19. The lowest BCUT2D eigenvalue weighted by molar-refractivity contribution is 1.09. The summed E-state index contributed by atoms with van der Waals surface area (Å²) in [6, 6.07) is 77.3. The van der Waals surface area contributed by atoms with Crippen molar-refractivity contribution in [2.75, 3.05) is 0 Å². The van der Waals surface area contributed by atoms with Gasteiger partial charge in [-0.2, -0.15) is 5.26 Å². The third kappa shape index (κ3) is 6.55. The fourth-order valence-electron chi connectivity index (χ4n) is 9.77. The van der Waals surface area contributed by atoms with Crippen LogP contribution in [-0.2, 0) is 0 Å². The Morgan fingerprint density at radius 1 is 0.364 bits per heavy atom. The lowest BCUT2D eigenvalue weighted by Crippen LogP contribution is -2.06. The number of aryl methyl sites for hydroxylation is 2. The Labute approximate surface area is 382 Å². The fraction of sp³-hybridized carbons (Fsp3) is 0.0328. The molecule has 0 amide bonds. The highest BCUT2D eigenvalue weighted by molar-refractivity contribution is 6.13. The molecule has 0 saturated carbocycles. The number of benzene rings is 9. The summed E-state index contributed by atoms with van der Waals surface area (Å²) in [4.78, 5) is 10.5. The second-order valence-corrected chi connectivity index (χ2v) is 17.1. The largest absolute Gasteiger partial charge is 0.307 e. The number of nitriles is 1. The lowest BCUT2D eigenvalue weighted by Gasteiger charge is -2.19. The van der Waals surface area contributed by atoms with Crippen LogP contribution in [0.15, 0.2) is 212 Å². The number of nitrogens with zero attached hydrogens (tertiary/aromatic N) is 5. The van der Waals surface area contributed by atoms with Crippen molar-refractivity contribution >= 4 is 43.6 Å². The van der Waals surface area contributed by atoms with Gasteiger partial charge in [-0.1, -0.05) is 169 Å². The van der Waals surface area contributed by atoms with Crippen LogP contribution < -0.4 is 0 Å². The van der Waals surface area contributed by atoms with Crippen LogP contribution in [0, 0.1) is 25.2 Å². The summed E-state index contributed by atoms with van der Waals surface area (Å²) in [6.07, 6.45) is 0. The minimum absolute atomic E-state index is 0.475. The first-order chi connectivity index (χ1) is 32.5. The molecule has 5 heteroatoms. The Bertz CT molecular complexity index is 3850. The summed E-state index contributed by atoms with van der Waals surface area (Å²) in [5.41, 5.74) is 17.7. The maximum absolute atomic E-state index is 11.3. The van der Waals surface area contributed by atoms with Gasteiger partial charge in [0.2, 0.25) is 0 Å². The van der Waals surface area contributed by atoms with Crippen LogP contribution in [-0.4, -0.2) is 19.1 Å². The number of rotatable bonds is 7. The summed E-state index contributed by atoms with van der Waals surface area (Å²) in [5.74, 6) is 0.479. The van der Waals surface area contributed by atoms with Crippen LogP contribution in [0.2, 0.25) is 0 Å². The van der Waals surface area contributed by atoms with E-state index in [1.54, 1.807) is 0 Å². The monoisotopic (exact) mass is 843 g/mol. The molecule has 0 aliphatic rings. The topological polar surface area (TPSA) is 59.4 Å². The molecule has 0 radical (unpaired) electrons. The van der Waals surface area contributed by atoms with Gasteiger partial charge in [-0.25, -0.2) is 9.97 Å². The summed E-state index contributed by atoms with van der Waals surface area (Å²) >= 11 is 0. The summed E-state index contributed by atoms with van der Waals surface area (Å²) in [5, 5.41) is 15.8. The molecule has 0 unspecified atom stereocenters. The predicted octanol–water partition coefficient (Wildman–Crippen LogP) is 15.5. The minimum Gasteiger partial charge on any atom is -0.307 e. The maximum Gasteiger partial charge on any atom is 0.161 e. The molecular formula is C61H41N5. The van der Waals surface area contributed by atoms with Crippen LogP contribution in [0.5, 0.6) is 0 Å². The molecule has 12 aromatic rings. The van der Waals surface area contributed by atoms with Crippen molar-refractivity contribution in [3.05, 3.63) is 229 Å². The van der Waals surface area contributed by atoms with Gasteiger partial charge in [0.25, 0.3) is 0 Å². The van der Waals surface area contributed by atoms with Gasteiger partial charge >= 0.3 is 0 Å². The van der Waals surface area contributed by atoms with Crippen molar-refractivity contribution in [1.29, 1.82) is 5.26 Å². The average Bonchev–Trinajstić information content (AvgIpc) is 3.88. The summed E-state index contributed by atoms with van der Waals surface area (Å²) in [7, 11) is 0. The number of para-hydroxylation sites is 2. The number of aromatic nitrogens is 4. The van der Waals surface area contributed by atoms with Crippen LogP contribution in [0.4, 0.5) is 0 Å². The van der Waals surface area contributed by atoms with Gasteiger partial charge in [-0.15, -0.1) is 0 Å². The quantitative estimate of drug-likeness (QED) is 0.161. The van der Waals surface area contributed by atoms with E-state index in [9.17, 15) is 5.26 Å². The first-order valence-electron chi connectivity index (χ1n) is 22.3. The van der Waals surface area contributed by atoms with Gasteiger partial charge in [0.05, 0.1) is 56.5 Å². The van der Waals surface area contributed by atoms with Crippen molar-refractivity contribution in [2.24, 2.45) is 0 Å². The number of hydrogen-bond donors (Lipinski definition) is 0. The average molecular weight is 844 g/mol. The highest BCUT2D eigenvalue weighted by atomic mass is 15.1. The zero-order valence-corrected chi connectivity index (χ0v) is 36.4. The van der Waals surface area contributed by atoms with E-state index in [4.69, 9.17) is 9.97 Å². The van der Waals surface area contributed by atoms with Gasteiger partial charge in [0.15, 0.2) is 5.82 Å². The molecule has 3 heterocycles. The van der Waals surface area contributed by atoms with Gasteiger partial charge < -0.3 is 9.13 Å². The Morgan fingerprint density at radius 3 is 1.27 bits per heavy atom. The second-order valence-electron chi connectivity index (χ2n) is 17.1. The normalized spacial score (nSPS) is 11.5. The molecule has 0 aliphatic carbocycles. The Morgan fingerprint density at radius 2 is 0.788 bits per heavy atom. The summed E-state index contributed by atoms with van der Waals surface area (Å²) in [6.45, 7) is 4.27. The highest BCUT2D eigenvalue weighted by Gasteiger charge is 2.24. The minimum atomic E-state index is 0.475. The first-order valence-corrected chi connectivity index (χ1v) is 22.3. The van der Waals surface area contributed by atoms with E-state index in [2.05, 4.69) is 193 Å². The number of hydrogen-bond acceptors (Lipinski definition) is 3. The van der Waals surface area contributed by atoms with Crippen molar-refractivity contribution in [1.82, 2.24) is 19.1 Å². The van der Waals surface area contributed by atoms with E-state index in [1.165, 1.54) is 22.3 Å². The van der Waals surface area contributed by atoms with Gasteiger partial charge in [0, 0.05) is 38.2 Å². The molecule has 0 saturated heterocycles. The molecule has 310 valence electrons. The van der Waals surface area contributed by atoms with Crippen molar-refractivity contribution in [2.45, 2.75) is 13.8 Å². The fourth-order valence-corrected chi connectivity index (χ4v) is 9.77. The Hall–Kier alpha value is -8.85. The molecule has 9 aromatic carbocycles. The molecule has 0 fully saturated rings.